The van der Waals surface area contributed by atoms with E-state index in [1.165, 1.54) is 6.92 Å². The Hall–Kier alpha value is -1.84. The Kier molecular flexibility index (Phi) is 3.03. The molecule has 0 radical (unpaired) electrons. The standard InChI is InChI=1S/C9H10N2O2/c1-7(10)13-11-9(12)8-5-3-2-4-6-8/h2-6,10H,1H3,(H,11,12). The van der Waals surface area contributed by atoms with E-state index >= 15 is 0 Å². The van der Waals surface area contributed by atoms with E-state index in [0.29, 0.717) is 5.56 Å². The molecule has 2 N–H and O–H groups in total. The minimum Gasteiger partial charge on any atom is -0.364 e. The van der Waals surface area contributed by atoms with Gasteiger partial charge in [-0.3, -0.25) is 10.2 Å². The molecule has 0 atom stereocenters. The van der Waals surface area contributed by atoms with Crippen molar-refractivity contribution in [2.45, 2.75) is 6.92 Å². The van der Waals surface area contributed by atoms with Crippen LogP contribution in [0.5, 0.6) is 0 Å². The second-order valence-electron chi connectivity index (χ2n) is 2.46. The van der Waals surface area contributed by atoms with Crippen molar-refractivity contribution in [1.82, 2.24) is 5.48 Å². The maximum Gasteiger partial charge on any atom is 0.283 e. The minimum absolute atomic E-state index is 0.0516. The molecule has 68 valence electrons. The number of benzene rings is 1. The molecule has 4 heteroatoms. The van der Waals surface area contributed by atoms with E-state index in [1.807, 2.05) is 6.07 Å². The van der Waals surface area contributed by atoms with Crippen LogP contribution in [0.2, 0.25) is 0 Å². The van der Waals surface area contributed by atoms with Gasteiger partial charge in [-0.15, -0.1) is 0 Å². The van der Waals surface area contributed by atoms with Crippen molar-refractivity contribution in [2.75, 3.05) is 0 Å². The molecular formula is C9H10N2O2. The average Bonchev–Trinajstić information content (AvgIpc) is 2.15. The predicted octanol–water partition coefficient (Wildman–Crippen LogP) is 1.35. The topological polar surface area (TPSA) is 62.2 Å². The Labute approximate surface area is 76.0 Å². The van der Waals surface area contributed by atoms with Gasteiger partial charge in [0.2, 0.25) is 5.90 Å². The predicted molar refractivity (Wildman–Crippen MR) is 48.4 cm³/mol. The molecule has 13 heavy (non-hydrogen) atoms. The molecule has 0 unspecified atom stereocenters. The molecule has 1 rings (SSSR count). The van der Waals surface area contributed by atoms with Crippen LogP contribution in [0, 0.1) is 5.41 Å². The summed E-state index contributed by atoms with van der Waals surface area (Å²) in [6.45, 7) is 1.44. The molecule has 0 bridgehead atoms. The Morgan fingerprint density at radius 3 is 2.54 bits per heavy atom. The van der Waals surface area contributed by atoms with Gasteiger partial charge >= 0.3 is 0 Å². The Morgan fingerprint density at radius 1 is 1.38 bits per heavy atom. The highest BCUT2D eigenvalue weighted by atomic mass is 16.7. The minimum atomic E-state index is -0.354. The molecule has 0 fully saturated rings. The number of hydrogen-bond donors (Lipinski definition) is 2. The molecule has 0 aliphatic carbocycles. The van der Waals surface area contributed by atoms with Crippen LogP contribution in [0.15, 0.2) is 30.3 Å². The molecule has 0 aromatic heterocycles. The fraction of sp³-hybridized carbons (Fsp3) is 0.111. The lowest BCUT2D eigenvalue weighted by Crippen LogP contribution is -2.25. The van der Waals surface area contributed by atoms with Gasteiger partial charge in [-0.2, -0.15) is 5.48 Å². The summed E-state index contributed by atoms with van der Waals surface area (Å²) in [6, 6.07) is 8.66. The first-order valence-corrected chi connectivity index (χ1v) is 3.77. The molecule has 0 saturated carbocycles. The van der Waals surface area contributed by atoms with Crippen LogP contribution in [-0.4, -0.2) is 11.8 Å². The van der Waals surface area contributed by atoms with E-state index in [9.17, 15) is 4.79 Å². The zero-order valence-electron chi connectivity index (χ0n) is 7.20. The van der Waals surface area contributed by atoms with Crippen molar-refractivity contribution < 1.29 is 9.63 Å². The second kappa shape index (κ2) is 4.25. The number of nitrogens with one attached hydrogen (secondary N) is 2. The van der Waals surface area contributed by atoms with Gasteiger partial charge in [-0.1, -0.05) is 18.2 Å². The van der Waals surface area contributed by atoms with Crippen molar-refractivity contribution >= 4 is 11.8 Å². The molecule has 0 spiro atoms. The highest BCUT2D eigenvalue weighted by Crippen LogP contribution is 1.97. The van der Waals surface area contributed by atoms with Crippen molar-refractivity contribution in [1.29, 1.82) is 5.41 Å². The summed E-state index contributed by atoms with van der Waals surface area (Å²) in [6.07, 6.45) is 0. The Bertz CT molecular complexity index is 309. The van der Waals surface area contributed by atoms with E-state index in [4.69, 9.17) is 5.41 Å². The molecule has 1 aromatic rings. The van der Waals surface area contributed by atoms with Gasteiger partial charge in [0, 0.05) is 12.5 Å². The van der Waals surface area contributed by atoms with Gasteiger partial charge < -0.3 is 4.84 Å². The van der Waals surface area contributed by atoms with Crippen LogP contribution in [0.25, 0.3) is 0 Å². The molecule has 1 amide bonds. The van der Waals surface area contributed by atoms with Crippen LogP contribution >= 0.6 is 0 Å². The number of amides is 1. The number of rotatable bonds is 1. The van der Waals surface area contributed by atoms with E-state index < -0.39 is 0 Å². The van der Waals surface area contributed by atoms with Gasteiger partial charge in [0.25, 0.3) is 5.91 Å². The van der Waals surface area contributed by atoms with Crippen LogP contribution in [0.3, 0.4) is 0 Å². The van der Waals surface area contributed by atoms with Crippen LogP contribution < -0.4 is 5.48 Å². The van der Waals surface area contributed by atoms with Gasteiger partial charge in [-0.05, 0) is 12.1 Å². The van der Waals surface area contributed by atoms with E-state index in [1.54, 1.807) is 24.3 Å². The quantitative estimate of drug-likeness (QED) is 0.387. The van der Waals surface area contributed by atoms with Crippen molar-refractivity contribution in [3.8, 4) is 0 Å². The highest BCUT2D eigenvalue weighted by molar-refractivity contribution is 5.94. The third-order valence-corrected chi connectivity index (χ3v) is 1.33. The molecule has 1 aromatic carbocycles. The average molecular weight is 178 g/mol. The summed E-state index contributed by atoms with van der Waals surface area (Å²) >= 11 is 0. The first-order valence-electron chi connectivity index (χ1n) is 3.77. The lowest BCUT2D eigenvalue weighted by Gasteiger charge is -2.03. The van der Waals surface area contributed by atoms with E-state index in [0.717, 1.165) is 0 Å². The molecule has 0 saturated heterocycles. The number of hydroxylamine groups is 1. The second-order valence-corrected chi connectivity index (χ2v) is 2.46. The summed E-state index contributed by atoms with van der Waals surface area (Å²) in [5, 5.41) is 6.91. The maximum absolute atomic E-state index is 11.2. The molecular weight excluding hydrogens is 168 g/mol. The Balaban J connectivity index is 2.54. The van der Waals surface area contributed by atoms with Gasteiger partial charge in [-0.25, -0.2) is 0 Å². The smallest absolute Gasteiger partial charge is 0.283 e. The van der Waals surface area contributed by atoms with Gasteiger partial charge in [0.05, 0.1) is 0 Å². The third-order valence-electron chi connectivity index (χ3n) is 1.33. The summed E-state index contributed by atoms with van der Waals surface area (Å²) in [4.78, 5) is 15.8. The maximum atomic E-state index is 11.2. The third kappa shape index (κ3) is 2.94. The fourth-order valence-corrected chi connectivity index (χ4v) is 0.771. The Morgan fingerprint density at radius 2 is 2.00 bits per heavy atom. The van der Waals surface area contributed by atoms with Crippen molar-refractivity contribution in [3.05, 3.63) is 35.9 Å². The lowest BCUT2D eigenvalue weighted by atomic mass is 10.2. The molecule has 4 nitrogen and oxygen atoms in total. The highest BCUT2D eigenvalue weighted by Gasteiger charge is 2.03. The monoisotopic (exact) mass is 178 g/mol. The van der Waals surface area contributed by atoms with Crippen molar-refractivity contribution in [3.63, 3.8) is 0 Å². The molecule has 0 heterocycles. The first kappa shape index (κ1) is 9.25. The van der Waals surface area contributed by atoms with E-state index in [2.05, 4.69) is 10.3 Å². The first-order chi connectivity index (χ1) is 6.20. The van der Waals surface area contributed by atoms with Crippen LogP contribution in [-0.2, 0) is 4.84 Å². The summed E-state index contributed by atoms with van der Waals surface area (Å²) in [5.74, 6) is -0.406. The van der Waals surface area contributed by atoms with E-state index in [-0.39, 0.29) is 11.8 Å². The van der Waals surface area contributed by atoms with Crippen molar-refractivity contribution in [2.24, 2.45) is 0 Å². The summed E-state index contributed by atoms with van der Waals surface area (Å²) in [5.41, 5.74) is 2.64. The number of hydrogen-bond acceptors (Lipinski definition) is 3. The largest absolute Gasteiger partial charge is 0.364 e. The van der Waals surface area contributed by atoms with Crippen LogP contribution in [0.1, 0.15) is 17.3 Å². The number of carbonyl (C=O) groups excluding carboxylic acids is 1. The fourth-order valence-electron chi connectivity index (χ4n) is 0.771. The lowest BCUT2D eigenvalue weighted by molar-refractivity contribution is 0.0731. The number of carbonyl (C=O) groups is 1. The normalized spacial score (nSPS) is 9.00. The zero-order valence-corrected chi connectivity index (χ0v) is 7.20. The summed E-state index contributed by atoms with van der Waals surface area (Å²) < 4.78 is 0. The van der Waals surface area contributed by atoms with Gasteiger partial charge in [0.15, 0.2) is 0 Å². The molecule has 0 aliphatic rings. The molecule has 0 aliphatic heterocycles. The summed E-state index contributed by atoms with van der Waals surface area (Å²) in [7, 11) is 0. The SMILES string of the molecule is CC(=N)ONC(=O)c1ccccc1. The zero-order chi connectivity index (χ0) is 9.68. The van der Waals surface area contributed by atoms with Gasteiger partial charge in [0.1, 0.15) is 0 Å². The van der Waals surface area contributed by atoms with Crippen LogP contribution in [0.4, 0.5) is 0 Å².